The van der Waals surface area contributed by atoms with E-state index in [9.17, 15) is 4.79 Å². The van der Waals surface area contributed by atoms with Crippen LogP contribution < -0.4 is 0 Å². The summed E-state index contributed by atoms with van der Waals surface area (Å²) in [5.41, 5.74) is 6.00. The van der Waals surface area contributed by atoms with Gasteiger partial charge in [0.05, 0.1) is 18.2 Å². The highest BCUT2D eigenvalue weighted by Gasteiger charge is 2.25. The average Bonchev–Trinajstić information content (AvgIpc) is 3.55. The lowest BCUT2D eigenvalue weighted by Gasteiger charge is -2.32. The van der Waals surface area contributed by atoms with Crippen LogP contribution in [0, 0.1) is 5.92 Å². The van der Waals surface area contributed by atoms with E-state index in [0.29, 0.717) is 23.1 Å². The molecule has 1 fully saturated rings. The van der Waals surface area contributed by atoms with Gasteiger partial charge < -0.3 is 13.9 Å². The number of rotatable bonds is 5. The standard InChI is InChI=1S/C29H27N5O2/c1-33-19-30-18-26(33)22-7-8-27-24(16-22)32-28(36-27)23-9-12-31-25(17-23)29(35)34-13-10-21(11-14-34)15-20-5-3-2-4-6-20/h2-9,12,16-19,21H,10-11,13-15H2,1H3. The predicted molar refractivity (Wildman–Crippen MR) is 138 cm³/mol. The van der Waals surface area contributed by atoms with Crippen LogP contribution >= 0.6 is 0 Å². The number of imidazole rings is 1. The molecule has 0 N–H and O–H groups in total. The van der Waals surface area contributed by atoms with E-state index in [0.717, 1.165) is 54.7 Å². The third-order valence-electron chi connectivity index (χ3n) is 6.99. The van der Waals surface area contributed by atoms with Crippen LogP contribution in [-0.2, 0) is 13.5 Å². The lowest BCUT2D eigenvalue weighted by Crippen LogP contribution is -2.39. The molecule has 0 radical (unpaired) electrons. The molecule has 4 heterocycles. The second-order valence-electron chi connectivity index (χ2n) is 9.45. The van der Waals surface area contributed by atoms with Crippen molar-refractivity contribution < 1.29 is 9.21 Å². The Labute approximate surface area is 209 Å². The molecule has 1 amide bonds. The van der Waals surface area contributed by atoms with E-state index in [1.165, 1.54) is 5.56 Å². The van der Waals surface area contributed by atoms with Gasteiger partial charge in [0.1, 0.15) is 11.2 Å². The number of benzene rings is 2. The minimum Gasteiger partial charge on any atom is -0.436 e. The first kappa shape index (κ1) is 22.2. The number of aromatic nitrogens is 4. The van der Waals surface area contributed by atoms with Gasteiger partial charge in [-0.1, -0.05) is 30.3 Å². The largest absolute Gasteiger partial charge is 0.436 e. The minimum atomic E-state index is -0.0374. The number of amides is 1. The lowest BCUT2D eigenvalue weighted by molar-refractivity contribution is 0.0684. The summed E-state index contributed by atoms with van der Waals surface area (Å²) in [4.78, 5) is 28.4. The van der Waals surface area contributed by atoms with Crippen LogP contribution in [0.1, 0.15) is 28.9 Å². The minimum absolute atomic E-state index is 0.0374. The maximum absolute atomic E-state index is 13.2. The molecule has 180 valence electrons. The second-order valence-corrected chi connectivity index (χ2v) is 9.45. The lowest BCUT2D eigenvalue weighted by atomic mass is 9.90. The number of piperidine rings is 1. The Morgan fingerprint density at radius 1 is 1.03 bits per heavy atom. The van der Waals surface area contributed by atoms with Gasteiger partial charge in [-0.3, -0.25) is 9.78 Å². The Hall–Kier alpha value is -4.26. The molecule has 3 aromatic heterocycles. The van der Waals surface area contributed by atoms with Gasteiger partial charge in [-0.2, -0.15) is 0 Å². The van der Waals surface area contributed by atoms with Crippen molar-refractivity contribution in [3.8, 4) is 22.7 Å². The number of carbonyl (C=O) groups excluding carboxylic acids is 1. The molecule has 0 aliphatic carbocycles. The van der Waals surface area contributed by atoms with Crippen LogP contribution in [-0.4, -0.2) is 43.4 Å². The van der Waals surface area contributed by atoms with E-state index in [2.05, 4.69) is 34.2 Å². The molecule has 2 aromatic carbocycles. The molecule has 0 bridgehead atoms. The summed E-state index contributed by atoms with van der Waals surface area (Å²) in [6, 6.07) is 20.1. The monoisotopic (exact) mass is 477 g/mol. The molecule has 36 heavy (non-hydrogen) atoms. The van der Waals surface area contributed by atoms with Crippen LogP contribution in [0.2, 0.25) is 0 Å². The third-order valence-corrected chi connectivity index (χ3v) is 6.99. The summed E-state index contributed by atoms with van der Waals surface area (Å²) in [5.74, 6) is 1.04. The summed E-state index contributed by atoms with van der Waals surface area (Å²) in [6.45, 7) is 1.50. The van der Waals surface area contributed by atoms with E-state index < -0.39 is 0 Å². The molecule has 1 aliphatic rings. The smallest absolute Gasteiger partial charge is 0.272 e. The fourth-order valence-electron chi connectivity index (χ4n) is 4.98. The van der Waals surface area contributed by atoms with Gasteiger partial charge >= 0.3 is 0 Å². The zero-order valence-corrected chi connectivity index (χ0v) is 20.2. The summed E-state index contributed by atoms with van der Waals surface area (Å²) >= 11 is 0. The van der Waals surface area contributed by atoms with Gasteiger partial charge in [0.15, 0.2) is 5.58 Å². The van der Waals surface area contributed by atoms with E-state index in [1.807, 2.05) is 53.0 Å². The molecule has 0 atom stereocenters. The van der Waals surface area contributed by atoms with Crippen molar-refractivity contribution in [2.24, 2.45) is 13.0 Å². The van der Waals surface area contributed by atoms with Gasteiger partial charge in [0.25, 0.3) is 5.91 Å². The number of oxazole rings is 1. The molecule has 0 spiro atoms. The fraction of sp³-hybridized carbons (Fsp3) is 0.241. The summed E-state index contributed by atoms with van der Waals surface area (Å²) < 4.78 is 7.99. The van der Waals surface area contributed by atoms with E-state index in [4.69, 9.17) is 9.40 Å². The van der Waals surface area contributed by atoms with Crippen molar-refractivity contribution >= 4 is 17.0 Å². The van der Waals surface area contributed by atoms with E-state index in [-0.39, 0.29) is 5.91 Å². The number of nitrogens with zero attached hydrogens (tertiary/aromatic N) is 5. The number of pyridine rings is 1. The molecule has 1 aliphatic heterocycles. The Bertz CT molecular complexity index is 1510. The molecule has 7 heteroatoms. The maximum Gasteiger partial charge on any atom is 0.272 e. The molecule has 1 saturated heterocycles. The first-order chi connectivity index (χ1) is 17.6. The number of carbonyl (C=O) groups is 1. The second kappa shape index (κ2) is 9.41. The number of likely N-dealkylation sites (tertiary alicyclic amines) is 1. The fourth-order valence-corrected chi connectivity index (χ4v) is 4.98. The molecule has 0 saturated carbocycles. The Morgan fingerprint density at radius 2 is 1.86 bits per heavy atom. The topological polar surface area (TPSA) is 77.0 Å². The number of aryl methyl sites for hydroxylation is 1. The average molecular weight is 478 g/mol. The van der Waals surface area contributed by atoms with Crippen molar-refractivity contribution in [1.29, 1.82) is 0 Å². The van der Waals surface area contributed by atoms with Crippen LogP contribution in [0.4, 0.5) is 0 Å². The van der Waals surface area contributed by atoms with Gasteiger partial charge in [-0.25, -0.2) is 9.97 Å². The van der Waals surface area contributed by atoms with Gasteiger partial charge in [-0.05, 0) is 61.1 Å². The zero-order valence-electron chi connectivity index (χ0n) is 20.2. The van der Waals surface area contributed by atoms with Crippen molar-refractivity contribution in [1.82, 2.24) is 24.4 Å². The Kier molecular flexibility index (Phi) is 5.81. The summed E-state index contributed by atoms with van der Waals surface area (Å²) in [5, 5.41) is 0. The van der Waals surface area contributed by atoms with E-state index >= 15 is 0 Å². The van der Waals surface area contributed by atoms with Crippen molar-refractivity contribution in [3.05, 3.63) is 90.6 Å². The van der Waals surface area contributed by atoms with Crippen molar-refractivity contribution in [3.63, 3.8) is 0 Å². The van der Waals surface area contributed by atoms with Crippen LogP contribution in [0.15, 0.2) is 83.8 Å². The Balaban J connectivity index is 1.17. The van der Waals surface area contributed by atoms with Crippen molar-refractivity contribution in [2.45, 2.75) is 19.3 Å². The first-order valence-electron chi connectivity index (χ1n) is 12.3. The number of hydrogen-bond acceptors (Lipinski definition) is 5. The highest BCUT2D eigenvalue weighted by Crippen LogP contribution is 2.29. The maximum atomic E-state index is 13.2. The molecule has 6 rings (SSSR count). The van der Waals surface area contributed by atoms with Crippen LogP contribution in [0.25, 0.3) is 33.8 Å². The van der Waals surface area contributed by atoms with Crippen LogP contribution in [0.3, 0.4) is 0 Å². The van der Waals surface area contributed by atoms with E-state index in [1.54, 1.807) is 18.6 Å². The normalized spacial score (nSPS) is 14.4. The number of hydrogen-bond donors (Lipinski definition) is 0. The van der Waals surface area contributed by atoms with Gasteiger partial charge in [-0.15, -0.1) is 0 Å². The van der Waals surface area contributed by atoms with Gasteiger partial charge in [0.2, 0.25) is 5.89 Å². The summed E-state index contributed by atoms with van der Waals surface area (Å²) in [6.07, 6.45) is 8.33. The summed E-state index contributed by atoms with van der Waals surface area (Å²) in [7, 11) is 1.96. The quantitative estimate of drug-likeness (QED) is 0.339. The Morgan fingerprint density at radius 3 is 2.64 bits per heavy atom. The molecule has 0 unspecified atom stereocenters. The highest BCUT2D eigenvalue weighted by atomic mass is 16.3. The zero-order chi connectivity index (χ0) is 24.5. The van der Waals surface area contributed by atoms with Crippen molar-refractivity contribution in [2.75, 3.05) is 13.1 Å². The third kappa shape index (κ3) is 4.40. The molecule has 7 nitrogen and oxygen atoms in total. The van der Waals surface area contributed by atoms with Gasteiger partial charge in [0, 0.05) is 37.5 Å². The highest BCUT2D eigenvalue weighted by molar-refractivity contribution is 5.93. The predicted octanol–water partition coefficient (Wildman–Crippen LogP) is 5.39. The molecule has 5 aromatic rings. The SMILES string of the molecule is Cn1cncc1-c1ccc2oc(-c3ccnc(C(=O)N4CCC(Cc5ccccc5)CC4)c3)nc2c1. The molecular weight excluding hydrogens is 450 g/mol. The number of fused-ring (bicyclic) bond motifs is 1. The molecular formula is C29H27N5O2. The van der Waals surface area contributed by atoms with Crippen LogP contribution in [0.5, 0.6) is 0 Å². The first-order valence-corrected chi connectivity index (χ1v) is 12.3.